The highest BCUT2D eigenvalue weighted by atomic mass is 33.1. The second-order valence-corrected chi connectivity index (χ2v) is 6.81. The highest BCUT2D eigenvalue weighted by Gasteiger charge is 2.55. The number of rotatable bonds is 4. The topological polar surface area (TPSA) is 104 Å². The summed E-state index contributed by atoms with van der Waals surface area (Å²) in [7, 11) is 2.44. The van der Waals surface area contributed by atoms with Crippen LogP contribution < -0.4 is 0 Å². The molecule has 0 aromatic heterocycles. The third-order valence-corrected chi connectivity index (χ3v) is 5.76. The minimum atomic E-state index is -1.25. The molecule has 0 aromatic carbocycles. The fraction of sp³-hybridized carbons (Fsp3) is 0.545. The molecule has 20 heavy (non-hydrogen) atoms. The molecule has 1 fully saturated rings. The van der Waals surface area contributed by atoms with Gasteiger partial charge in [0.05, 0.1) is 16.9 Å². The second kappa shape index (κ2) is 5.66. The van der Waals surface area contributed by atoms with Gasteiger partial charge in [0.15, 0.2) is 0 Å². The number of carboxylic acid groups (broad SMARTS) is 1. The Morgan fingerprint density at radius 2 is 2.15 bits per heavy atom. The van der Waals surface area contributed by atoms with Crippen molar-refractivity contribution in [2.24, 2.45) is 5.92 Å². The van der Waals surface area contributed by atoms with E-state index in [4.69, 9.17) is 4.74 Å². The number of ether oxygens (including phenoxy) is 1. The molecule has 9 heteroatoms. The Labute approximate surface area is 122 Å². The van der Waals surface area contributed by atoms with E-state index in [-0.39, 0.29) is 12.3 Å². The van der Waals surface area contributed by atoms with E-state index in [0.717, 1.165) is 15.7 Å². The number of carbonyl (C=O) groups is 3. The van der Waals surface area contributed by atoms with Crippen molar-refractivity contribution in [3.63, 3.8) is 0 Å². The van der Waals surface area contributed by atoms with E-state index in [1.807, 2.05) is 0 Å². The van der Waals surface area contributed by atoms with Crippen molar-refractivity contribution in [1.29, 1.82) is 0 Å². The number of aliphatic hydroxyl groups excluding tert-OH is 1. The number of carbonyl (C=O) groups excluding carboxylic acids is 2. The summed E-state index contributed by atoms with van der Waals surface area (Å²) in [6.45, 7) is 2.55. The maximum absolute atomic E-state index is 12.0. The number of fused-ring (bicyclic) bond motifs is 1. The maximum atomic E-state index is 12.0. The molecule has 1 unspecified atom stereocenters. The Morgan fingerprint density at radius 3 is 2.65 bits per heavy atom. The van der Waals surface area contributed by atoms with Crippen molar-refractivity contribution >= 4 is 39.4 Å². The lowest BCUT2D eigenvalue weighted by atomic mass is 9.92. The van der Waals surface area contributed by atoms with Gasteiger partial charge < -0.3 is 14.9 Å². The Morgan fingerprint density at radius 1 is 1.50 bits per heavy atom. The highest BCUT2D eigenvalue weighted by Crippen LogP contribution is 2.52. The fourth-order valence-electron chi connectivity index (χ4n) is 2.03. The molecular weight excluding hydrogens is 306 g/mol. The van der Waals surface area contributed by atoms with Gasteiger partial charge in [-0.3, -0.25) is 14.5 Å². The molecule has 1 saturated heterocycles. The summed E-state index contributed by atoms with van der Waals surface area (Å²) in [5, 5.41) is 18.4. The van der Waals surface area contributed by atoms with Crippen molar-refractivity contribution in [3.05, 3.63) is 10.6 Å². The first kappa shape index (κ1) is 15.2. The first-order valence-electron chi connectivity index (χ1n) is 5.79. The molecule has 2 heterocycles. The van der Waals surface area contributed by atoms with Gasteiger partial charge in [0, 0.05) is 6.92 Å². The zero-order chi connectivity index (χ0) is 15.0. The fourth-order valence-corrected chi connectivity index (χ4v) is 5.02. The summed E-state index contributed by atoms with van der Waals surface area (Å²) in [6.07, 6.45) is -0.832. The Bertz CT molecular complexity index is 503. The first-order valence-corrected chi connectivity index (χ1v) is 8.00. The van der Waals surface area contributed by atoms with Crippen LogP contribution in [0.3, 0.4) is 0 Å². The summed E-state index contributed by atoms with van der Waals surface area (Å²) in [4.78, 5) is 35.6. The third kappa shape index (κ3) is 2.52. The van der Waals surface area contributed by atoms with Gasteiger partial charge in [0.1, 0.15) is 17.7 Å². The number of β-lactam (4-membered cyclic amide) rings is 1. The number of nitrogens with zero attached hydrogens (tertiary/aromatic N) is 1. The molecule has 2 aliphatic rings. The van der Waals surface area contributed by atoms with Crippen molar-refractivity contribution < 1.29 is 29.3 Å². The average molecular weight is 319 g/mol. The summed E-state index contributed by atoms with van der Waals surface area (Å²) < 4.78 is 4.80. The summed E-state index contributed by atoms with van der Waals surface area (Å²) in [5.41, 5.74) is -0.165. The van der Waals surface area contributed by atoms with Gasteiger partial charge in [-0.1, -0.05) is 21.6 Å². The van der Waals surface area contributed by atoms with Crippen molar-refractivity contribution in [1.82, 2.24) is 4.90 Å². The van der Waals surface area contributed by atoms with E-state index in [9.17, 15) is 24.6 Å². The van der Waals surface area contributed by atoms with E-state index >= 15 is 0 Å². The van der Waals surface area contributed by atoms with E-state index in [2.05, 4.69) is 0 Å². The summed E-state index contributed by atoms with van der Waals surface area (Å²) >= 11 is 0. The van der Waals surface area contributed by atoms with E-state index in [0.29, 0.717) is 4.91 Å². The summed E-state index contributed by atoms with van der Waals surface area (Å²) in [5.74, 6) is -2.79. The Balaban J connectivity index is 2.26. The van der Waals surface area contributed by atoms with E-state index in [1.165, 1.54) is 24.6 Å². The molecule has 0 radical (unpaired) electrons. The van der Waals surface area contributed by atoms with Crippen LogP contribution in [0.4, 0.5) is 0 Å². The van der Waals surface area contributed by atoms with Gasteiger partial charge in [-0.2, -0.15) is 0 Å². The molecule has 110 valence electrons. The predicted molar refractivity (Wildman–Crippen MR) is 72.3 cm³/mol. The number of hydrogen-bond acceptors (Lipinski definition) is 7. The van der Waals surface area contributed by atoms with Crippen LogP contribution in [-0.2, 0) is 19.1 Å². The SMILES string of the molecule is CC(=O)OCC1=C(C(=O)O)N2C(=O)[C@H](C(C)O)[C@H]2SS1. The first-order chi connectivity index (χ1) is 9.34. The van der Waals surface area contributed by atoms with E-state index < -0.39 is 35.2 Å². The van der Waals surface area contributed by atoms with Crippen LogP contribution in [0.5, 0.6) is 0 Å². The largest absolute Gasteiger partial charge is 0.477 e. The van der Waals surface area contributed by atoms with E-state index in [1.54, 1.807) is 0 Å². The number of amides is 1. The second-order valence-electron chi connectivity index (χ2n) is 4.40. The minimum Gasteiger partial charge on any atom is -0.477 e. The number of carboxylic acids is 1. The maximum Gasteiger partial charge on any atom is 0.353 e. The van der Waals surface area contributed by atoms with Gasteiger partial charge in [0.2, 0.25) is 5.91 Å². The smallest absolute Gasteiger partial charge is 0.353 e. The van der Waals surface area contributed by atoms with Gasteiger partial charge in [-0.25, -0.2) is 4.79 Å². The number of aliphatic carboxylic acids is 1. The van der Waals surface area contributed by atoms with Crippen molar-refractivity contribution in [2.75, 3.05) is 6.61 Å². The lowest BCUT2D eigenvalue weighted by molar-refractivity contribution is -0.157. The van der Waals surface area contributed by atoms with Crippen LogP contribution in [0.15, 0.2) is 10.6 Å². The standard InChI is InChI=1S/C11H13NO6S2/c1-4(13)7-9(15)12-8(11(16)17)6(3-18-5(2)14)19-20-10(7)12/h4,7,10,13H,3H2,1-2H3,(H,16,17)/t4?,7-,10+/m0/s1. The molecule has 3 atom stereocenters. The molecule has 2 aliphatic heterocycles. The average Bonchev–Trinajstić information content (AvgIpc) is 2.34. The summed E-state index contributed by atoms with van der Waals surface area (Å²) in [6, 6.07) is 0. The lowest BCUT2D eigenvalue weighted by Gasteiger charge is -2.49. The molecule has 2 rings (SSSR count). The molecule has 0 bridgehead atoms. The zero-order valence-electron chi connectivity index (χ0n) is 10.7. The number of hydrogen-bond donors (Lipinski definition) is 2. The molecule has 1 amide bonds. The monoisotopic (exact) mass is 319 g/mol. The predicted octanol–water partition coefficient (Wildman–Crippen LogP) is 0.406. The van der Waals surface area contributed by atoms with Crippen LogP contribution >= 0.6 is 21.6 Å². The van der Waals surface area contributed by atoms with Crippen LogP contribution in [0.1, 0.15) is 13.8 Å². The molecule has 0 spiro atoms. The van der Waals surface area contributed by atoms with Gasteiger partial charge in [-0.05, 0) is 6.92 Å². The van der Waals surface area contributed by atoms with Crippen LogP contribution in [0.25, 0.3) is 0 Å². The lowest BCUT2D eigenvalue weighted by Crippen LogP contribution is -2.63. The quantitative estimate of drug-likeness (QED) is 0.436. The highest BCUT2D eigenvalue weighted by molar-refractivity contribution is 8.78. The molecule has 0 aliphatic carbocycles. The van der Waals surface area contributed by atoms with Gasteiger partial charge in [-0.15, -0.1) is 0 Å². The molecule has 0 aromatic rings. The van der Waals surface area contributed by atoms with Gasteiger partial charge in [0.25, 0.3) is 0 Å². The van der Waals surface area contributed by atoms with Crippen molar-refractivity contribution in [3.8, 4) is 0 Å². The van der Waals surface area contributed by atoms with Gasteiger partial charge >= 0.3 is 11.9 Å². The van der Waals surface area contributed by atoms with Crippen molar-refractivity contribution in [2.45, 2.75) is 25.3 Å². The third-order valence-electron chi connectivity index (χ3n) is 2.97. The minimum absolute atomic E-state index is 0.165. The number of aliphatic hydroxyl groups is 1. The Hall–Kier alpha value is -1.19. The van der Waals surface area contributed by atoms with Crippen LogP contribution in [0, 0.1) is 5.92 Å². The number of esters is 1. The van der Waals surface area contributed by atoms with Crippen LogP contribution in [-0.4, -0.2) is 51.0 Å². The molecule has 0 saturated carbocycles. The molecule has 2 N–H and O–H groups in total. The molecule has 7 nitrogen and oxygen atoms in total. The zero-order valence-corrected chi connectivity index (χ0v) is 12.4. The Kier molecular flexibility index (Phi) is 4.31. The normalized spacial score (nSPS) is 26.8. The molecular formula is C11H13NO6S2. The van der Waals surface area contributed by atoms with Crippen LogP contribution in [0.2, 0.25) is 0 Å².